The Bertz CT molecular complexity index is 1440. The number of fused-ring (bicyclic) bond motifs is 2. The number of benzene rings is 2. The van der Waals surface area contributed by atoms with E-state index in [4.69, 9.17) is 4.74 Å². The third-order valence-corrected chi connectivity index (χ3v) is 6.72. The summed E-state index contributed by atoms with van der Waals surface area (Å²) in [6, 6.07) is 11.9. The molecule has 0 aliphatic carbocycles. The molecular formula is C24H21N5O4S. The van der Waals surface area contributed by atoms with Crippen LogP contribution in [-0.2, 0) is 0 Å². The van der Waals surface area contributed by atoms with Gasteiger partial charge in [0.15, 0.2) is 0 Å². The Labute approximate surface area is 199 Å². The Hall–Kier alpha value is -4.05. The van der Waals surface area contributed by atoms with E-state index in [1.165, 1.54) is 34.4 Å². The summed E-state index contributed by atoms with van der Waals surface area (Å²) in [6.45, 7) is 3.74. The molecule has 3 amide bonds. The van der Waals surface area contributed by atoms with Gasteiger partial charge in [0.1, 0.15) is 5.75 Å². The zero-order chi connectivity index (χ0) is 24.0. The van der Waals surface area contributed by atoms with Crippen molar-refractivity contribution in [2.24, 2.45) is 0 Å². The molecule has 0 spiro atoms. The number of carbonyl (C=O) groups is 3. The van der Waals surface area contributed by atoms with Crippen LogP contribution in [0.1, 0.15) is 51.3 Å². The van der Waals surface area contributed by atoms with Crippen LogP contribution in [0, 0.1) is 0 Å². The molecule has 0 bridgehead atoms. The SMILES string of the molecule is CCC(C)N1C(=O)c2ccc(C(=O)Nc3nc4scc(-c5ccc(OC)cc5)n4n3)cc2C1=O. The first kappa shape index (κ1) is 21.8. The molecule has 2 aromatic heterocycles. The number of anilines is 1. The first-order valence-corrected chi connectivity index (χ1v) is 11.6. The van der Waals surface area contributed by atoms with E-state index in [0.29, 0.717) is 16.9 Å². The highest BCUT2D eigenvalue weighted by Gasteiger charge is 2.38. The van der Waals surface area contributed by atoms with Crippen LogP contribution < -0.4 is 10.1 Å². The van der Waals surface area contributed by atoms with Crippen molar-refractivity contribution in [3.8, 4) is 17.0 Å². The minimum atomic E-state index is -0.464. The van der Waals surface area contributed by atoms with Crippen LogP contribution in [0.2, 0.25) is 0 Å². The van der Waals surface area contributed by atoms with Crippen molar-refractivity contribution in [2.45, 2.75) is 26.3 Å². The molecule has 3 heterocycles. The lowest BCUT2D eigenvalue weighted by atomic mass is 10.1. The van der Waals surface area contributed by atoms with Gasteiger partial charge in [-0.05, 0) is 55.8 Å². The van der Waals surface area contributed by atoms with Crippen molar-refractivity contribution in [2.75, 3.05) is 12.4 Å². The van der Waals surface area contributed by atoms with Gasteiger partial charge in [0.2, 0.25) is 4.96 Å². The summed E-state index contributed by atoms with van der Waals surface area (Å²) in [6.07, 6.45) is 0.653. The fourth-order valence-corrected chi connectivity index (χ4v) is 4.68. The maximum atomic E-state index is 12.9. The first-order valence-electron chi connectivity index (χ1n) is 10.7. The number of nitrogens with one attached hydrogen (secondary N) is 1. The minimum Gasteiger partial charge on any atom is -0.497 e. The lowest BCUT2D eigenvalue weighted by Crippen LogP contribution is -2.37. The molecular weight excluding hydrogens is 454 g/mol. The summed E-state index contributed by atoms with van der Waals surface area (Å²) in [7, 11) is 1.61. The van der Waals surface area contributed by atoms with Gasteiger partial charge in [-0.2, -0.15) is 4.98 Å². The number of hydrogen-bond donors (Lipinski definition) is 1. The molecule has 172 valence electrons. The number of hydrogen-bond acceptors (Lipinski definition) is 7. The van der Waals surface area contributed by atoms with Gasteiger partial charge in [0, 0.05) is 22.5 Å². The Balaban J connectivity index is 1.39. The average Bonchev–Trinajstić information content (AvgIpc) is 3.50. The van der Waals surface area contributed by atoms with Gasteiger partial charge in [-0.15, -0.1) is 16.4 Å². The van der Waals surface area contributed by atoms with Crippen LogP contribution in [0.4, 0.5) is 5.95 Å². The molecule has 2 aromatic carbocycles. The van der Waals surface area contributed by atoms with Crippen LogP contribution in [0.3, 0.4) is 0 Å². The van der Waals surface area contributed by atoms with Crippen molar-refractivity contribution in [3.05, 3.63) is 64.5 Å². The van der Waals surface area contributed by atoms with E-state index in [1.807, 2.05) is 43.5 Å². The normalized spacial score (nSPS) is 13.9. The topological polar surface area (TPSA) is 106 Å². The third kappa shape index (κ3) is 3.52. The van der Waals surface area contributed by atoms with E-state index in [9.17, 15) is 14.4 Å². The zero-order valence-corrected chi connectivity index (χ0v) is 19.5. The van der Waals surface area contributed by atoms with Gasteiger partial charge in [-0.25, -0.2) is 4.52 Å². The van der Waals surface area contributed by atoms with E-state index >= 15 is 0 Å². The molecule has 1 unspecified atom stereocenters. The molecule has 10 heteroatoms. The Morgan fingerprint density at radius 1 is 1.12 bits per heavy atom. The Kier molecular flexibility index (Phi) is 5.37. The maximum absolute atomic E-state index is 12.9. The highest BCUT2D eigenvalue weighted by molar-refractivity contribution is 7.15. The predicted octanol–water partition coefficient (Wildman–Crippen LogP) is 4.11. The molecule has 1 atom stereocenters. The summed E-state index contributed by atoms with van der Waals surface area (Å²) >= 11 is 1.40. The fourth-order valence-electron chi connectivity index (χ4n) is 3.85. The molecule has 9 nitrogen and oxygen atoms in total. The van der Waals surface area contributed by atoms with Gasteiger partial charge in [0.25, 0.3) is 23.7 Å². The van der Waals surface area contributed by atoms with Crippen molar-refractivity contribution < 1.29 is 19.1 Å². The largest absolute Gasteiger partial charge is 0.497 e. The van der Waals surface area contributed by atoms with Crippen LogP contribution in [-0.4, -0.2) is 50.4 Å². The highest BCUT2D eigenvalue weighted by Crippen LogP contribution is 2.29. The van der Waals surface area contributed by atoms with Crippen molar-refractivity contribution >= 4 is 40.0 Å². The fraction of sp³-hybridized carbons (Fsp3) is 0.208. The van der Waals surface area contributed by atoms with Crippen LogP contribution in [0.5, 0.6) is 5.75 Å². The average molecular weight is 476 g/mol. The van der Waals surface area contributed by atoms with Crippen LogP contribution >= 0.6 is 11.3 Å². The quantitative estimate of drug-likeness (QED) is 0.421. The Morgan fingerprint density at radius 3 is 2.56 bits per heavy atom. The summed E-state index contributed by atoms with van der Waals surface area (Å²) in [4.78, 5) is 44.5. The number of amides is 3. The van der Waals surface area contributed by atoms with Crippen molar-refractivity contribution in [1.29, 1.82) is 0 Å². The lowest BCUT2D eigenvalue weighted by Gasteiger charge is -2.20. The molecule has 0 radical (unpaired) electrons. The van der Waals surface area contributed by atoms with Gasteiger partial charge in [-0.1, -0.05) is 6.92 Å². The molecule has 1 N–H and O–H groups in total. The van der Waals surface area contributed by atoms with E-state index in [2.05, 4.69) is 15.4 Å². The lowest BCUT2D eigenvalue weighted by molar-refractivity contribution is 0.0593. The summed E-state index contributed by atoms with van der Waals surface area (Å²) in [5, 5.41) is 9.05. The number of methoxy groups -OCH3 is 1. The van der Waals surface area contributed by atoms with E-state index < -0.39 is 5.91 Å². The molecule has 34 heavy (non-hydrogen) atoms. The van der Waals surface area contributed by atoms with E-state index in [-0.39, 0.29) is 34.9 Å². The first-order chi connectivity index (χ1) is 16.4. The molecule has 0 saturated heterocycles. The number of nitrogens with zero attached hydrogens (tertiary/aromatic N) is 4. The van der Waals surface area contributed by atoms with Crippen molar-refractivity contribution in [1.82, 2.24) is 19.5 Å². The van der Waals surface area contributed by atoms with E-state index in [0.717, 1.165) is 17.0 Å². The number of imide groups is 1. The van der Waals surface area contributed by atoms with Crippen LogP contribution in [0.15, 0.2) is 47.8 Å². The van der Waals surface area contributed by atoms with Gasteiger partial charge >= 0.3 is 0 Å². The number of ether oxygens (including phenoxy) is 1. The van der Waals surface area contributed by atoms with Gasteiger partial charge < -0.3 is 4.74 Å². The molecule has 1 aliphatic heterocycles. The third-order valence-electron chi connectivity index (χ3n) is 5.90. The summed E-state index contributed by atoms with van der Waals surface area (Å²) in [5.41, 5.74) is 2.56. The standard InChI is InChI=1S/C24H21N5O4S/c1-4-13(2)28-21(31)17-10-7-15(11-18(17)22(28)32)20(30)25-23-26-24-29(27-23)19(12-34-24)14-5-8-16(33-3)9-6-14/h5-13H,4H2,1-3H3,(H,25,27,30). The summed E-state index contributed by atoms with van der Waals surface area (Å²) in [5.74, 6) is -0.272. The van der Waals surface area contributed by atoms with Crippen molar-refractivity contribution in [3.63, 3.8) is 0 Å². The van der Waals surface area contributed by atoms with E-state index in [1.54, 1.807) is 11.6 Å². The number of carbonyl (C=O) groups excluding carboxylic acids is 3. The van der Waals surface area contributed by atoms with Gasteiger partial charge in [0.05, 0.1) is 23.9 Å². The molecule has 1 aliphatic rings. The summed E-state index contributed by atoms with van der Waals surface area (Å²) < 4.78 is 6.87. The number of thiazole rings is 1. The number of rotatable bonds is 6. The molecule has 0 saturated carbocycles. The maximum Gasteiger partial charge on any atom is 0.261 e. The molecule has 4 aromatic rings. The Morgan fingerprint density at radius 2 is 1.85 bits per heavy atom. The van der Waals surface area contributed by atoms with Crippen LogP contribution in [0.25, 0.3) is 16.2 Å². The minimum absolute atomic E-state index is 0.149. The predicted molar refractivity (Wildman–Crippen MR) is 128 cm³/mol. The monoisotopic (exact) mass is 475 g/mol. The molecule has 0 fully saturated rings. The zero-order valence-electron chi connectivity index (χ0n) is 18.7. The number of aromatic nitrogens is 3. The second kappa shape index (κ2) is 8.38. The second-order valence-electron chi connectivity index (χ2n) is 7.93. The van der Waals surface area contributed by atoms with Gasteiger partial charge in [-0.3, -0.25) is 24.6 Å². The molecule has 5 rings (SSSR count). The highest BCUT2D eigenvalue weighted by atomic mass is 32.1. The smallest absolute Gasteiger partial charge is 0.261 e. The second-order valence-corrected chi connectivity index (χ2v) is 8.77.